The normalized spacial score (nSPS) is 30.6. The predicted molar refractivity (Wildman–Crippen MR) is 69.3 cm³/mol. The number of rotatable bonds is 1. The van der Waals surface area contributed by atoms with E-state index in [0.717, 1.165) is 44.4 Å². The Hall–Kier alpha value is 0.240. The van der Waals surface area contributed by atoms with Crippen LogP contribution in [0.3, 0.4) is 0 Å². The highest BCUT2D eigenvalue weighted by atomic mass is 35.7. The first-order valence-electron chi connectivity index (χ1n) is 6.43. The highest BCUT2D eigenvalue weighted by molar-refractivity contribution is 8.14. The van der Waals surface area contributed by atoms with E-state index in [0.29, 0.717) is 0 Å². The molecule has 0 bridgehead atoms. The van der Waals surface area contributed by atoms with Crippen LogP contribution in [0.1, 0.15) is 64.7 Å². The van der Waals surface area contributed by atoms with Crippen molar-refractivity contribution in [2.24, 2.45) is 5.92 Å². The second-order valence-electron chi connectivity index (χ2n) is 5.13. The van der Waals surface area contributed by atoms with Crippen LogP contribution in [0.25, 0.3) is 0 Å². The van der Waals surface area contributed by atoms with Crippen LogP contribution in [0.2, 0.25) is 0 Å². The van der Waals surface area contributed by atoms with Crippen molar-refractivity contribution < 1.29 is 8.42 Å². The van der Waals surface area contributed by atoms with Gasteiger partial charge in [0.15, 0.2) is 0 Å². The van der Waals surface area contributed by atoms with Gasteiger partial charge in [-0.05, 0) is 18.8 Å². The summed E-state index contributed by atoms with van der Waals surface area (Å²) in [6.07, 6.45) is 9.55. The second-order valence-corrected chi connectivity index (χ2v) is 8.03. The van der Waals surface area contributed by atoms with E-state index in [1.54, 1.807) is 0 Å². The van der Waals surface area contributed by atoms with Gasteiger partial charge < -0.3 is 0 Å². The first kappa shape index (κ1) is 14.3. The molecule has 1 fully saturated rings. The lowest BCUT2D eigenvalue weighted by molar-refractivity contribution is 0.447. The van der Waals surface area contributed by atoms with Gasteiger partial charge in [0.25, 0.3) is 0 Å². The molecule has 0 amide bonds. The quantitative estimate of drug-likeness (QED) is 0.670. The van der Waals surface area contributed by atoms with Crippen molar-refractivity contribution in [3.8, 4) is 0 Å². The average molecular weight is 267 g/mol. The maximum Gasteiger partial charge on any atom is 0.235 e. The van der Waals surface area contributed by atoms with Crippen LogP contribution < -0.4 is 0 Å². The van der Waals surface area contributed by atoms with Gasteiger partial charge in [-0.1, -0.05) is 51.9 Å². The highest BCUT2D eigenvalue weighted by Gasteiger charge is 2.22. The van der Waals surface area contributed by atoms with Gasteiger partial charge in [0.2, 0.25) is 9.05 Å². The lowest BCUT2D eigenvalue weighted by Gasteiger charge is -2.12. The molecule has 0 aliphatic heterocycles. The molecule has 2 unspecified atom stereocenters. The minimum Gasteiger partial charge on any atom is -0.212 e. The summed E-state index contributed by atoms with van der Waals surface area (Å²) in [5.41, 5.74) is 0. The molecule has 0 N–H and O–H groups in total. The number of hydrogen-bond donors (Lipinski definition) is 0. The van der Waals surface area contributed by atoms with Gasteiger partial charge in [0.05, 0.1) is 5.25 Å². The Bertz CT molecular complexity index is 287. The topological polar surface area (TPSA) is 34.1 Å². The summed E-state index contributed by atoms with van der Waals surface area (Å²) in [7, 11) is 2.13. The average Bonchev–Trinajstić information content (AvgIpc) is 2.22. The molecule has 2 nitrogen and oxygen atoms in total. The smallest absolute Gasteiger partial charge is 0.212 e. The predicted octanol–water partition coefficient (Wildman–Crippen LogP) is 4.08. The molecule has 1 aliphatic rings. The molecule has 0 aromatic rings. The van der Waals surface area contributed by atoms with Gasteiger partial charge in [0, 0.05) is 10.7 Å². The van der Waals surface area contributed by atoms with Crippen LogP contribution in [-0.4, -0.2) is 13.7 Å². The summed E-state index contributed by atoms with van der Waals surface area (Å²) in [5.74, 6) is 0.796. The largest absolute Gasteiger partial charge is 0.235 e. The molecular weight excluding hydrogens is 244 g/mol. The molecule has 96 valence electrons. The van der Waals surface area contributed by atoms with Gasteiger partial charge in [0.1, 0.15) is 0 Å². The van der Waals surface area contributed by atoms with Gasteiger partial charge in [-0.25, -0.2) is 8.42 Å². The summed E-state index contributed by atoms with van der Waals surface area (Å²) in [6.45, 7) is 2.30. The molecule has 2 atom stereocenters. The molecule has 0 aromatic heterocycles. The zero-order valence-corrected chi connectivity index (χ0v) is 11.7. The van der Waals surface area contributed by atoms with E-state index in [9.17, 15) is 8.42 Å². The van der Waals surface area contributed by atoms with Crippen molar-refractivity contribution in [1.82, 2.24) is 0 Å². The fourth-order valence-electron chi connectivity index (χ4n) is 2.48. The third kappa shape index (κ3) is 5.53. The fourth-order valence-corrected chi connectivity index (χ4v) is 3.91. The minimum atomic E-state index is -3.35. The number of halogens is 1. The van der Waals surface area contributed by atoms with E-state index in [-0.39, 0.29) is 5.25 Å². The molecule has 1 rings (SSSR count). The van der Waals surface area contributed by atoms with Crippen molar-refractivity contribution >= 4 is 19.7 Å². The van der Waals surface area contributed by atoms with Gasteiger partial charge in [-0.15, -0.1) is 0 Å². The third-order valence-corrected chi connectivity index (χ3v) is 5.62. The molecule has 0 radical (unpaired) electrons. The van der Waals surface area contributed by atoms with E-state index >= 15 is 0 Å². The van der Waals surface area contributed by atoms with E-state index in [2.05, 4.69) is 6.92 Å². The van der Waals surface area contributed by atoms with Crippen molar-refractivity contribution in [2.75, 3.05) is 0 Å². The molecule has 0 aromatic carbocycles. The zero-order chi connectivity index (χ0) is 12.0. The lowest BCUT2D eigenvalue weighted by atomic mass is 9.98. The summed E-state index contributed by atoms with van der Waals surface area (Å²) in [6, 6.07) is 0. The monoisotopic (exact) mass is 266 g/mol. The van der Waals surface area contributed by atoms with E-state index in [4.69, 9.17) is 10.7 Å². The highest BCUT2D eigenvalue weighted by Crippen LogP contribution is 2.25. The van der Waals surface area contributed by atoms with Crippen molar-refractivity contribution in [1.29, 1.82) is 0 Å². The van der Waals surface area contributed by atoms with Crippen LogP contribution >= 0.6 is 10.7 Å². The Morgan fingerprint density at radius 2 is 1.31 bits per heavy atom. The summed E-state index contributed by atoms with van der Waals surface area (Å²) in [5, 5.41) is -0.303. The van der Waals surface area contributed by atoms with Gasteiger partial charge in [-0.2, -0.15) is 0 Å². The molecule has 1 aliphatic carbocycles. The Labute approximate surface area is 104 Å². The van der Waals surface area contributed by atoms with Crippen molar-refractivity contribution in [3.63, 3.8) is 0 Å². The number of hydrogen-bond acceptors (Lipinski definition) is 2. The fraction of sp³-hybridized carbons (Fsp3) is 1.00. The van der Waals surface area contributed by atoms with Crippen LogP contribution in [0, 0.1) is 5.92 Å². The molecule has 0 saturated heterocycles. The molecule has 4 heteroatoms. The first-order valence-corrected chi connectivity index (χ1v) is 8.81. The second kappa shape index (κ2) is 6.85. The van der Waals surface area contributed by atoms with Crippen LogP contribution in [0.5, 0.6) is 0 Å². The SMILES string of the molecule is CC1CCCCCC(S(=O)(=O)Cl)CCCC1. The van der Waals surface area contributed by atoms with Crippen molar-refractivity contribution in [2.45, 2.75) is 70.0 Å². The first-order chi connectivity index (χ1) is 7.50. The molecule has 1 saturated carbocycles. The Balaban J connectivity index is 2.50. The summed E-state index contributed by atoms with van der Waals surface area (Å²) >= 11 is 0. The molecular formula is C12H23ClO2S. The lowest BCUT2D eigenvalue weighted by Crippen LogP contribution is -2.16. The zero-order valence-electron chi connectivity index (χ0n) is 10.1. The molecule has 16 heavy (non-hydrogen) atoms. The van der Waals surface area contributed by atoms with Crippen molar-refractivity contribution in [3.05, 3.63) is 0 Å². The van der Waals surface area contributed by atoms with Crippen LogP contribution in [-0.2, 0) is 9.05 Å². The Kier molecular flexibility index (Phi) is 6.12. The van der Waals surface area contributed by atoms with E-state index < -0.39 is 9.05 Å². The summed E-state index contributed by atoms with van der Waals surface area (Å²) in [4.78, 5) is 0. The maximum absolute atomic E-state index is 11.4. The Morgan fingerprint density at radius 1 is 0.875 bits per heavy atom. The van der Waals surface area contributed by atoms with E-state index in [1.807, 2.05) is 0 Å². The van der Waals surface area contributed by atoms with Gasteiger partial charge in [-0.3, -0.25) is 0 Å². The molecule has 0 heterocycles. The maximum atomic E-state index is 11.4. The standard InChI is InChI=1S/C12H23ClO2S/c1-11-7-3-2-4-9-12(16(13,14)15)10-6-5-8-11/h11-12H,2-10H2,1H3. The minimum absolute atomic E-state index is 0.303. The van der Waals surface area contributed by atoms with Crippen LogP contribution in [0.15, 0.2) is 0 Å². The van der Waals surface area contributed by atoms with Crippen LogP contribution in [0.4, 0.5) is 0 Å². The summed E-state index contributed by atoms with van der Waals surface area (Å²) < 4.78 is 22.7. The van der Waals surface area contributed by atoms with E-state index in [1.165, 1.54) is 19.3 Å². The molecule has 0 spiro atoms. The third-order valence-electron chi connectivity index (χ3n) is 3.59. The van der Waals surface area contributed by atoms with Gasteiger partial charge >= 0.3 is 0 Å². The Morgan fingerprint density at radius 3 is 1.88 bits per heavy atom.